The molecule has 1 aliphatic rings. The second kappa shape index (κ2) is 6.37. The predicted molar refractivity (Wildman–Crippen MR) is 82.0 cm³/mol. The Hall–Kier alpha value is -1.72. The van der Waals surface area contributed by atoms with Gasteiger partial charge in [0.15, 0.2) is 0 Å². The maximum absolute atomic E-state index is 12.7. The highest BCUT2D eigenvalue weighted by Crippen LogP contribution is 2.36. The number of amides is 1. The van der Waals surface area contributed by atoms with Gasteiger partial charge in [-0.05, 0) is 24.3 Å². The molecule has 1 N–H and O–H groups in total. The van der Waals surface area contributed by atoms with Crippen LogP contribution in [0.1, 0.15) is 28.9 Å². The van der Waals surface area contributed by atoms with E-state index in [1.165, 1.54) is 11.3 Å². The summed E-state index contributed by atoms with van der Waals surface area (Å²) in [6.07, 6.45) is 2.17. The monoisotopic (exact) mass is 302 g/mol. The van der Waals surface area contributed by atoms with Gasteiger partial charge in [-0.2, -0.15) is 0 Å². The fourth-order valence-electron chi connectivity index (χ4n) is 2.57. The number of hydrogen-bond acceptors (Lipinski definition) is 4. The fraction of sp³-hybridized carbons (Fsp3) is 0.375. The number of aliphatic hydroxyl groups is 1. The molecule has 1 aromatic carbocycles. The second-order valence-electron chi connectivity index (χ2n) is 5.38. The maximum Gasteiger partial charge on any atom is 0.273 e. The molecule has 5 heteroatoms. The van der Waals surface area contributed by atoms with Gasteiger partial charge in [0.25, 0.3) is 5.91 Å². The zero-order valence-electron chi connectivity index (χ0n) is 11.7. The Kier molecular flexibility index (Phi) is 4.31. The van der Waals surface area contributed by atoms with E-state index in [0.29, 0.717) is 18.2 Å². The van der Waals surface area contributed by atoms with Gasteiger partial charge in [-0.25, -0.2) is 4.98 Å². The summed E-state index contributed by atoms with van der Waals surface area (Å²) in [7, 11) is 0. The van der Waals surface area contributed by atoms with Crippen LogP contribution in [-0.4, -0.2) is 33.5 Å². The molecule has 21 heavy (non-hydrogen) atoms. The predicted octanol–water partition coefficient (Wildman–Crippen LogP) is 2.56. The number of carbonyl (C=O) groups is 1. The number of thiazole rings is 1. The van der Waals surface area contributed by atoms with E-state index in [-0.39, 0.29) is 18.6 Å². The van der Waals surface area contributed by atoms with E-state index in [0.717, 1.165) is 18.4 Å². The number of hydrogen-bond donors (Lipinski definition) is 1. The van der Waals surface area contributed by atoms with Gasteiger partial charge in [0.2, 0.25) is 0 Å². The van der Waals surface area contributed by atoms with E-state index in [1.807, 2.05) is 30.3 Å². The fourth-order valence-corrected chi connectivity index (χ4v) is 3.09. The van der Waals surface area contributed by atoms with E-state index in [9.17, 15) is 9.90 Å². The van der Waals surface area contributed by atoms with Gasteiger partial charge in [-0.15, -0.1) is 11.3 Å². The van der Waals surface area contributed by atoms with Gasteiger partial charge in [-0.1, -0.05) is 30.3 Å². The average Bonchev–Trinajstić information content (AvgIpc) is 3.20. The van der Waals surface area contributed by atoms with Crippen molar-refractivity contribution in [3.05, 3.63) is 52.5 Å². The summed E-state index contributed by atoms with van der Waals surface area (Å²) >= 11 is 1.41. The molecule has 0 saturated heterocycles. The third kappa shape index (κ3) is 3.31. The van der Waals surface area contributed by atoms with Gasteiger partial charge in [0.05, 0.1) is 18.2 Å². The Morgan fingerprint density at radius 2 is 2.14 bits per heavy atom. The van der Waals surface area contributed by atoms with E-state index < -0.39 is 0 Å². The summed E-state index contributed by atoms with van der Waals surface area (Å²) in [5.41, 5.74) is 3.20. The van der Waals surface area contributed by atoms with Crippen LogP contribution in [0.5, 0.6) is 0 Å². The van der Waals surface area contributed by atoms with Crippen molar-refractivity contribution in [1.82, 2.24) is 9.88 Å². The van der Waals surface area contributed by atoms with Crippen molar-refractivity contribution in [2.24, 2.45) is 5.92 Å². The van der Waals surface area contributed by atoms with E-state index in [2.05, 4.69) is 4.98 Å². The molecule has 2 aromatic rings. The molecule has 1 fully saturated rings. The third-order valence-corrected chi connectivity index (χ3v) is 4.45. The summed E-state index contributed by atoms with van der Waals surface area (Å²) in [5.74, 6) is 0.326. The normalized spacial score (nSPS) is 15.7. The Balaban J connectivity index is 1.85. The molecule has 3 rings (SSSR count). The first-order chi connectivity index (χ1) is 10.3. The molecular weight excluding hydrogens is 284 g/mol. The van der Waals surface area contributed by atoms with Crippen LogP contribution in [0.25, 0.3) is 0 Å². The van der Waals surface area contributed by atoms with Gasteiger partial charge in [0.1, 0.15) is 5.69 Å². The number of carbonyl (C=O) groups excluding carboxylic acids is 1. The highest BCUT2D eigenvalue weighted by atomic mass is 32.1. The van der Waals surface area contributed by atoms with Crippen molar-refractivity contribution in [1.29, 1.82) is 0 Å². The largest absolute Gasteiger partial charge is 0.394 e. The minimum absolute atomic E-state index is 0.00732. The number of nitrogens with zero attached hydrogens (tertiary/aromatic N) is 2. The molecule has 1 aromatic heterocycles. The smallest absolute Gasteiger partial charge is 0.273 e. The van der Waals surface area contributed by atoms with Gasteiger partial charge < -0.3 is 10.0 Å². The molecule has 1 atom stereocenters. The number of aliphatic hydroxyl groups excluding tert-OH is 1. The molecule has 4 nitrogen and oxygen atoms in total. The first-order valence-corrected chi connectivity index (χ1v) is 8.08. The van der Waals surface area contributed by atoms with Crippen LogP contribution in [0.15, 0.2) is 41.2 Å². The molecule has 1 amide bonds. The third-order valence-electron chi connectivity index (χ3n) is 3.86. The van der Waals surface area contributed by atoms with Crippen molar-refractivity contribution >= 4 is 17.2 Å². The number of aromatic nitrogens is 1. The molecule has 0 aliphatic heterocycles. The van der Waals surface area contributed by atoms with Crippen molar-refractivity contribution in [2.45, 2.75) is 25.4 Å². The average molecular weight is 302 g/mol. The lowest BCUT2D eigenvalue weighted by molar-refractivity contribution is 0.0526. The lowest BCUT2D eigenvalue weighted by Gasteiger charge is -2.30. The summed E-state index contributed by atoms with van der Waals surface area (Å²) in [6, 6.07) is 9.78. The molecule has 110 valence electrons. The van der Waals surface area contributed by atoms with Crippen LogP contribution < -0.4 is 0 Å². The minimum Gasteiger partial charge on any atom is -0.394 e. The van der Waals surface area contributed by atoms with Gasteiger partial charge >= 0.3 is 0 Å². The SMILES string of the molecule is O=C(c1cscn1)N(Cc1ccccc1)C(CO)C1CC1. The molecule has 0 radical (unpaired) electrons. The summed E-state index contributed by atoms with van der Waals surface area (Å²) in [4.78, 5) is 18.6. The molecule has 0 spiro atoms. The van der Waals surface area contributed by atoms with Crippen molar-refractivity contribution in [2.75, 3.05) is 6.61 Å². The molecule has 1 saturated carbocycles. The topological polar surface area (TPSA) is 53.4 Å². The highest BCUT2D eigenvalue weighted by molar-refractivity contribution is 7.07. The minimum atomic E-state index is -0.112. The van der Waals surface area contributed by atoms with Crippen LogP contribution in [0.4, 0.5) is 0 Å². The summed E-state index contributed by atoms with van der Waals surface area (Å²) in [5, 5.41) is 11.5. The van der Waals surface area contributed by atoms with Crippen molar-refractivity contribution in [3.8, 4) is 0 Å². The van der Waals surface area contributed by atoms with Crippen molar-refractivity contribution < 1.29 is 9.90 Å². The summed E-state index contributed by atoms with van der Waals surface area (Å²) < 4.78 is 0. The zero-order valence-corrected chi connectivity index (χ0v) is 12.5. The van der Waals surface area contributed by atoms with E-state index in [1.54, 1.807) is 15.8 Å². The lowest BCUT2D eigenvalue weighted by Crippen LogP contribution is -2.43. The maximum atomic E-state index is 12.7. The standard InChI is InChI=1S/C16H18N2O2S/c19-9-15(13-6-7-13)18(8-12-4-2-1-3-5-12)16(20)14-10-21-11-17-14/h1-5,10-11,13,15,19H,6-9H2. The van der Waals surface area contributed by atoms with Crippen LogP contribution in [-0.2, 0) is 6.54 Å². The molecule has 1 heterocycles. The molecule has 1 aliphatic carbocycles. The Morgan fingerprint density at radius 3 is 2.71 bits per heavy atom. The van der Waals surface area contributed by atoms with E-state index >= 15 is 0 Å². The van der Waals surface area contributed by atoms with Gasteiger partial charge in [-0.3, -0.25) is 4.79 Å². The Labute approximate surface area is 128 Å². The van der Waals surface area contributed by atoms with Crippen LogP contribution >= 0.6 is 11.3 Å². The first kappa shape index (κ1) is 14.2. The van der Waals surface area contributed by atoms with Crippen LogP contribution in [0.3, 0.4) is 0 Å². The quantitative estimate of drug-likeness (QED) is 0.892. The highest BCUT2D eigenvalue weighted by Gasteiger charge is 2.37. The lowest BCUT2D eigenvalue weighted by atomic mass is 10.1. The zero-order chi connectivity index (χ0) is 14.7. The Morgan fingerprint density at radius 1 is 1.38 bits per heavy atom. The first-order valence-electron chi connectivity index (χ1n) is 7.13. The Bertz CT molecular complexity index is 582. The molecule has 1 unspecified atom stereocenters. The van der Waals surface area contributed by atoms with Gasteiger partial charge in [0, 0.05) is 11.9 Å². The number of benzene rings is 1. The second-order valence-corrected chi connectivity index (χ2v) is 6.10. The van der Waals surface area contributed by atoms with E-state index in [4.69, 9.17) is 0 Å². The van der Waals surface area contributed by atoms with Crippen LogP contribution in [0, 0.1) is 5.92 Å². The van der Waals surface area contributed by atoms with Crippen molar-refractivity contribution in [3.63, 3.8) is 0 Å². The molecule has 0 bridgehead atoms. The summed E-state index contributed by atoms with van der Waals surface area (Å²) in [6.45, 7) is 0.520. The molecular formula is C16H18N2O2S. The van der Waals surface area contributed by atoms with Crippen LogP contribution in [0.2, 0.25) is 0 Å². The number of rotatable bonds is 6.